The van der Waals surface area contributed by atoms with E-state index in [1.54, 1.807) is 11.8 Å². The second kappa shape index (κ2) is 5.57. The molecule has 1 saturated heterocycles. The van der Waals surface area contributed by atoms with Gasteiger partial charge in [-0.3, -0.25) is 4.90 Å². The van der Waals surface area contributed by atoms with Gasteiger partial charge in [-0.15, -0.1) is 0 Å². The number of hydrogen-bond donors (Lipinski definition) is 1. The minimum absolute atomic E-state index is 0.0482. The number of hydrogen-bond acceptors (Lipinski definition) is 2. The van der Waals surface area contributed by atoms with Crippen molar-refractivity contribution in [3.05, 3.63) is 0 Å². The van der Waals surface area contributed by atoms with Crippen molar-refractivity contribution in [1.29, 1.82) is 0 Å². The average Bonchev–Trinajstić information content (AvgIpc) is 2.22. The predicted molar refractivity (Wildman–Crippen MR) is 62.7 cm³/mol. The summed E-state index contributed by atoms with van der Waals surface area (Å²) in [4.78, 5) is 1.56. The molecule has 1 rings (SSSR count). The molecule has 0 amide bonds. The molecule has 102 valence electrons. The molecule has 0 spiro atoms. The van der Waals surface area contributed by atoms with Crippen LogP contribution >= 0.6 is 0 Å². The fourth-order valence-corrected chi connectivity index (χ4v) is 2.66. The molecule has 1 heterocycles. The summed E-state index contributed by atoms with van der Waals surface area (Å²) in [6.45, 7) is 6.11. The van der Waals surface area contributed by atoms with Crippen molar-refractivity contribution in [3.63, 3.8) is 0 Å². The van der Waals surface area contributed by atoms with Gasteiger partial charge in [-0.05, 0) is 38.6 Å². The molecule has 0 aromatic carbocycles. The Morgan fingerprint density at radius 3 is 2.41 bits per heavy atom. The molecule has 0 saturated carbocycles. The summed E-state index contributed by atoms with van der Waals surface area (Å²) in [5.41, 5.74) is 5.68. The van der Waals surface area contributed by atoms with Crippen molar-refractivity contribution in [1.82, 2.24) is 4.90 Å². The van der Waals surface area contributed by atoms with Crippen LogP contribution in [0.15, 0.2) is 0 Å². The number of piperidine rings is 1. The second-order valence-corrected chi connectivity index (χ2v) is 5.16. The van der Waals surface area contributed by atoms with Crippen LogP contribution in [0.25, 0.3) is 0 Å². The van der Waals surface area contributed by atoms with Gasteiger partial charge >= 0.3 is 6.18 Å². The fourth-order valence-electron chi connectivity index (χ4n) is 2.66. The lowest BCUT2D eigenvalue weighted by atomic mass is 9.89. The zero-order chi connectivity index (χ0) is 13.2. The topological polar surface area (TPSA) is 29.3 Å². The molecule has 17 heavy (non-hydrogen) atoms. The molecular weight excluding hydrogens is 229 g/mol. The third-order valence-corrected chi connectivity index (χ3v) is 3.99. The van der Waals surface area contributed by atoms with Gasteiger partial charge in [-0.2, -0.15) is 13.2 Å². The maximum absolute atomic E-state index is 13.1. The van der Waals surface area contributed by atoms with Gasteiger partial charge < -0.3 is 5.73 Å². The number of halogens is 3. The number of nitrogens with zero attached hydrogens (tertiary/aromatic N) is 1. The zero-order valence-electron chi connectivity index (χ0n) is 10.8. The van der Waals surface area contributed by atoms with Crippen molar-refractivity contribution in [2.24, 2.45) is 11.7 Å². The number of alkyl halides is 3. The van der Waals surface area contributed by atoms with Crippen molar-refractivity contribution in [2.75, 3.05) is 6.54 Å². The summed E-state index contributed by atoms with van der Waals surface area (Å²) in [5.74, 6) is 0.303. The molecular formula is C12H23F3N2. The molecule has 0 aromatic heterocycles. The lowest BCUT2D eigenvalue weighted by molar-refractivity contribution is -0.200. The molecule has 4 unspecified atom stereocenters. The smallest absolute Gasteiger partial charge is 0.326 e. The largest absolute Gasteiger partial charge is 0.405 e. The van der Waals surface area contributed by atoms with E-state index in [2.05, 4.69) is 0 Å². The molecule has 0 aliphatic carbocycles. The first kappa shape index (κ1) is 14.8. The molecule has 5 heteroatoms. The molecule has 0 bridgehead atoms. The van der Waals surface area contributed by atoms with E-state index in [1.165, 1.54) is 0 Å². The highest BCUT2D eigenvalue weighted by Crippen LogP contribution is 2.34. The lowest BCUT2D eigenvalue weighted by Crippen LogP contribution is -2.61. The van der Waals surface area contributed by atoms with Gasteiger partial charge in [-0.1, -0.05) is 13.8 Å². The van der Waals surface area contributed by atoms with Crippen molar-refractivity contribution in [3.8, 4) is 0 Å². The maximum Gasteiger partial charge on any atom is 0.405 e. The van der Waals surface area contributed by atoms with Crippen LogP contribution in [0.5, 0.6) is 0 Å². The Morgan fingerprint density at radius 1 is 1.35 bits per heavy atom. The zero-order valence-corrected chi connectivity index (χ0v) is 10.8. The van der Waals surface area contributed by atoms with Crippen LogP contribution in [-0.2, 0) is 0 Å². The van der Waals surface area contributed by atoms with Crippen LogP contribution in [0.2, 0.25) is 0 Å². The summed E-state index contributed by atoms with van der Waals surface area (Å²) < 4.78 is 39.4. The summed E-state index contributed by atoms with van der Waals surface area (Å²) >= 11 is 0. The summed E-state index contributed by atoms with van der Waals surface area (Å²) in [7, 11) is 0. The van der Waals surface area contributed by atoms with Gasteiger partial charge in [0.25, 0.3) is 0 Å². The average molecular weight is 252 g/mol. The molecule has 4 atom stereocenters. The quantitative estimate of drug-likeness (QED) is 0.837. The Hall–Kier alpha value is -0.290. The van der Waals surface area contributed by atoms with Crippen molar-refractivity contribution >= 4 is 0 Å². The van der Waals surface area contributed by atoms with Crippen LogP contribution in [0.3, 0.4) is 0 Å². The van der Waals surface area contributed by atoms with Gasteiger partial charge in [0, 0.05) is 12.1 Å². The first-order valence-corrected chi connectivity index (χ1v) is 6.37. The van der Waals surface area contributed by atoms with Crippen LogP contribution in [0.4, 0.5) is 13.2 Å². The molecule has 1 aliphatic heterocycles. The summed E-state index contributed by atoms with van der Waals surface area (Å²) in [5, 5.41) is 0. The number of likely N-dealkylation sites (tertiary alicyclic amines) is 1. The Kier molecular flexibility index (Phi) is 4.84. The minimum Gasteiger partial charge on any atom is -0.326 e. The normalized spacial score (nSPS) is 31.2. The molecule has 0 aromatic rings. The highest BCUT2D eigenvalue weighted by atomic mass is 19.4. The molecule has 0 radical (unpaired) electrons. The number of rotatable bonds is 3. The maximum atomic E-state index is 13.1. The van der Waals surface area contributed by atoms with Crippen molar-refractivity contribution < 1.29 is 13.2 Å². The second-order valence-electron chi connectivity index (χ2n) is 5.16. The van der Waals surface area contributed by atoms with E-state index in [9.17, 15) is 13.2 Å². The van der Waals surface area contributed by atoms with E-state index in [0.717, 1.165) is 12.8 Å². The van der Waals surface area contributed by atoms with Crippen molar-refractivity contribution in [2.45, 2.75) is 64.3 Å². The minimum atomic E-state index is -4.24. The number of nitrogens with two attached hydrogens (primary N) is 1. The van der Waals surface area contributed by atoms with E-state index in [1.807, 2.05) is 13.8 Å². The molecule has 2 nitrogen and oxygen atoms in total. The summed E-state index contributed by atoms with van der Waals surface area (Å²) in [6, 6.07) is -2.37. The van der Waals surface area contributed by atoms with Gasteiger partial charge in [0.15, 0.2) is 0 Å². The highest BCUT2D eigenvalue weighted by Gasteiger charge is 2.49. The molecule has 2 N–H and O–H groups in total. The SMILES string of the molecule is CCC(N)C(N1CCCC(C)C1C)C(F)(F)F. The van der Waals surface area contributed by atoms with E-state index >= 15 is 0 Å². The van der Waals surface area contributed by atoms with E-state index in [-0.39, 0.29) is 6.04 Å². The molecule has 1 aliphatic rings. The Morgan fingerprint density at radius 2 is 1.94 bits per heavy atom. The van der Waals surface area contributed by atoms with Crippen LogP contribution < -0.4 is 5.73 Å². The third-order valence-electron chi connectivity index (χ3n) is 3.99. The predicted octanol–water partition coefficient (Wildman–Crippen LogP) is 2.78. The van der Waals surface area contributed by atoms with E-state index < -0.39 is 18.3 Å². The highest BCUT2D eigenvalue weighted by molar-refractivity contribution is 4.92. The van der Waals surface area contributed by atoms with Crippen LogP contribution in [0.1, 0.15) is 40.0 Å². The first-order chi connectivity index (χ1) is 7.79. The van der Waals surface area contributed by atoms with Gasteiger partial charge in [0.1, 0.15) is 6.04 Å². The monoisotopic (exact) mass is 252 g/mol. The lowest BCUT2D eigenvalue weighted by Gasteiger charge is -2.45. The molecule has 1 fully saturated rings. The summed E-state index contributed by atoms with van der Waals surface area (Å²) in [6.07, 6.45) is -2.05. The van der Waals surface area contributed by atoms with Crippen LogP contribution in [-0.4, -0.2) is 35.7 Å². The van der Waals surface area contributed by atoms with Crippen LogP contribution in [0, 0.1) is 5.92 Å². The van der Waals surface area contributed by atoms with E-state index in [4.69, 9.17) is 5.73 Å². The van der Waals surface area contributed by atoms with E-state index in [0.29, 0.717) is 18.9 Å². The standard InChI is InChI=1S/C12H23F3N2/c1-4-10(16)11(12(13,14)15)17-7-5-6-8(2)9(17)3/h8-11H,4-7,16H2,1-3H3. The van der Waals surface area contributed by atoms with Gasteiger partial charge in [-0.25, -0.2) is 0 Å². The Labute approximate surface area is 101 Å². The van der Waals surface area contributed by atoms with Gasteiger partial charge in [0.2, 0.25) is 0 Å². The van der Waals surface area contributed by atoms with Gasteiger partial charge in [0.05, 0.1) is 0 Å². The first-order valence-electron chi connectivity index (χ1n) is 6.37. The fraction of sp³-hybridized carbons (Fsp3) is 1.00. The Balaban J connectivity index is 2.89. The third kappa shape index (κ3) is 3.35. The Bertz CT molecular complexity index is 242.